The fourth-order valence-corrected chi connectivity index (χ4v) is 2.87. The van der Waals surface area contributed by atoms with Gasteiger partial charge in [0.05, 0.1) is 12.7 Å². The Bertz CT molecular complexity index is 586. The molecule has 3 rings (SSSR count). The van der Waals surface area contributed by atoms with Gasteiger partial charge in [-0.1, -0.05) is 6.92 Å². The highest BCUT2D eigenvalue weighted by Crippen LogP contribution is 2.36. The van der Waals surface area contributed by atoms with Crippen molar-refractivity contribution in [3.63, 3.8) is 0 Å². The first-order valence-electron chi connectivity index (χ1n) is 6.41. The van der Waals surface area contributed by atoms with E-state index < -0.39 is 0 Å². The predicted molar refractivity (Wildman–Crippen MR) is 70.6 cm³/mol. The van der Waals surface area contributed by atoms with E-state index in [0.29, 0.717) is 11.4 Å². The van der Waals surface area contributed by atoms with Gasteiger partial charge in [-0.05, 0) is 12.2 Å². The zero-order valence-corrected chi connectivity index (χ0v) is 11.8. The largest absolute Gasteiger partial charge is 0.353 e. The second kappa shape index (κ2) is 5.74. The topological polar surface area (TPSA) is 74.7 Å². The molecule has 0 aliphatic carbocycles. The lowest BCUT2D eigenvalue weighted by Gasteiger charge is -2.24. The summed E-state index contributed by atoms with van der Waals surface area (Å²) in [7, 11) is 0. The van der Waals surface area contributed by atoms with Crippen LogP contribution in [0.25, 0.3) is 0 Å². The van der Waals surface area contributed by atoms with Gasteiger partial charge in [0.1, 0.15) is 25.9 Å². The normalized spacial score (nSPS) is 34.2. The molecule has 2 saturated heterocycles. The van der Waals surface area contributed by atoms with Crippen LogP contribution in [0.3, 0.4) is 0 Å². The molecule has 1 N–H and O–H groups in total. The van der Waals surface area contributed by atoms with Gasteiger partial charge in [0, 0.05) is 18.2 Å². The van der Waals surface area contributed by atoms with E-state index in [4.69, 9.17) is 31.2 Å². The number of H-pyrrole nitrogens is 1. The fourth-order valence-electron chi connectivity index (χ4n) is 2.61. The van der Waals surface area contributed by atoms with E-state index in [0.717, 1.165) is 0 Å². The molecule has 8 heteroatoms. The minimum atomic E-state index is -0.295. The van der Waals surface area contributed by atoms with Gasteiger partial charge in [-0.3, -0.25) is 14.3 Å². The van der Waals surface area contributed by atoms with Crippen molar-refractivity contribution in [3.05, 3.63) is 27.4 Å². The Morgan fingerprint density at radius 3 is 3.05 bits per heavy atom. The molecule has 4 atom stereocenters. The highest BCUT2D eigenvalue weighted by atomic mass is 32.1. The van der Waals surface area contributed by atoms with Crippen LogP contribution >= 0.6 is 12.2 Å². The van der Waals surface area contributed by atoms with Crippen molar-refractivity contribution < 1.29 is 18.9 Å². The van der Waals surface area contributed by atoms with Crippen LogP contribution in [0.5, 0.6) is 0 Å². The van der Waals surface area contributed by atoms with Gasteiger partial charge in [-0.15, -0.1) is 0 Å². The van der Waals surface area contributed by atoms with Crippen LogP contribution in [0, 0.1) is 10.7 Å². The van der Waals surface area contributed by atoms with Gasteiger partial charge in [0.25, 0.3) is 5.56 Å². The Labute approximate surface area is 120 Å². The third kappa shape index (κ3) is 2.57. The molecule has 3 heterocycles. The zero-order valence-electron chi connectivity index (χ0n) is 11.0. The summed E-state index contributed by atoms with van der Waals surface area (Å²) in [6, 6.07) is 1.42. The molecule has 0 spiro atoms. The van der Waals surface area contributed by atoms with Crippen LogP contribution in [0.4, 0.5) is 0 Å². The Morgan fingerprint density at radius 1 is 1.40 bits per heavy atom. The first-order chi connectivity index (χ1) is 9.66. The van der Waals surface area contributed by atoms with Crippen molar-refractivity contribution in [2.45, 2.75) is 25.4 Å². The van der Waals surface area contributed by atoms with Crippen molar-refractivity contribution in [1.29, 1.82) is 0 Å². The van der Waals surface area contributed by atoms with Crippen LogP contribution < -0.4 is 5.56 Å². The summed E-state index contributed by atoms with van der Waals surface area (Å²) in [6.45, 7) is 2.80. The fraction of sp³-hybridized carbons (Fsp3) is 0.667. The van der Waals surface area contributed by atoms with Gasteiger partial charge >= 0.3 is 0 Å². The number of rotatable bonds is 1. The highest BCUT2D eigenvalue weighted by Gasteiger charge is 2.44. The van der Waals surface area contributed by atoms with E-state index in [1.54, 1.807) is 10.8 Å². The van der Waals surface area contributed by atoms with Gasteiger partial charge in [0.15, 0.2) is 4.77 Å². The Morgan fingerprint density at radius 2 is 2.25 bits per heavy atom. The number of ether oxygens (including phenoxy) is 4. The van der Waals surface area contributed by atoms with Gasteiger partial charge in [-0.2, -0.15) is 0 Å². The summed E-state index contributed by atoms with van der Waals surface area (Å²) in [5.74, 6) is 0.0582. The molecule has 0 amide bonds. The maximum absolute atomic E-state index is 11.2. The second-order valence-corrected chi connectivity index (χ2v) is 5.27. The maximum Gasteiger partial charge on any atom is 0.251 e. The lowest BCUT2D eigenvalue weighted by atomic mass is 10.0. The van der Waals surface area contributed by atoms with Crippen molar-refractivity contribution in [3.8, 4) is 0 Å². The number of aromatic nitrogens is 2. The Hall–Kier alpha value is -1.06. The van der Waals surface area contributed by atoms with E-state index in [1.165, 1.54) is 6.07 Å². The molecule has 7 nitrogen and oxygen atoms in total. The first kappa shape index (κ1) is 13.9. The zero-order chi connectivity index (χ0) is 14.1. The molecular formula is C12H16N2O5S. The molecule has 0 bridgehead atoms. The second-order valence-electron chi connectivity index (χ2n) is 4.88. The molecule has 0 radical (unpaired) electrons. The number of nitrogens with one attached hydrogen (secondary N) is 1. The SMILES string of the molecule is C[C@H]1C2OCOCOC[C@H]2O[C@H]1n1ccc(=O)[nH]c1=S. The van der Waals surface area contributed by atoms with Crippen LogP contribution in [0.1, 0.15) is 13.2 Å². The summed E-state index contributed by atoms with van der Waals surface area (Å²) in [4.78, 5) is 13.8. The maximum atomic E-state index is 11.2. The summed E-state index contributed by atoms with van der Waals surface area (Å²) in [5, 5.41) is 0. The standard InChI is InChI=1S/C12H16N2O5S/c1-7-10-8(4-16-5-17-6-18-10)19-11(7)14-3-2-9(15)13-12(14)20/h2-3,7-8,10-11H,4-6H2,1H3,(H,13,15,20)/t7-,8+,10?,11+/m0/s1. The van der Waals surface area contributed by atoms with E-state index >= 15 is 0 Å². The third-order valence-electron chi connectivity index (χ3n) is 3.57. The lowest BCUT2D eigenvalue weighted by Crippen LogP contribution is -2.35. The molecule has 110 valence electrons. The summed E-state index contributed by atoms with van der Waals surface area (Å²) in [6.07, 6.45) is 1.04. The molecule has 1 unspecified atom stereocenters. The number of hydrogen-bond acceptors (Lipinski definition) is 6. The molecule has 2 fully saturated rings. The average molecular weight is 300 g/mol. The average Bonchev–Trinajstić information content (AvgIpc) is 2.66. The van der Waals surface area contributed by atoms with Gasteiger partial charge in [-0.25, -0.2) is 0 Å². The number of fused-ring (bicyclic) bond motifs is 1. The molecular weight excluding hydrogens is 284 g/mol. The molecule has 0 aromatic carbocycles. The summed E-state index contributed by atoms with van der Waals surface area (Å²) >= 11 is 5.18. The third-order valence-corrected chi connectivity index (χ3v) is 3.88. The summed E-state index contributed by atoms with van der Waals surface area (Å²) < 4.78 is 24.2. The molecule has 1 aromatic rings. The molecule has 0 saturated carbocycles. The van der Waals surface area contributed by atoms with Crippen molar-refractivity contribution in [2.75, 3.05) is 20.2 Å². The van der Waals surface area contributed by atoms with Crippen molar-refractivity contribution in [1.82, 2.24) is 9.55 Å². The summed E-state index contributed by atoms with van der Waals surface area (Å²) in [5.41, 5.74) is -0.226. The van der Waals surface area contributed by atoms with Crippen molar-refractivity contribution in [2.24, 2.45) is 5.92 Å². The van der Waals surface area contributed by atoms with Gasteiger partial charge in [0.2, 0.25) is 0 Å². The predicted octanol–water partition coefficient (Wildman–Crippen LogP) is 0.786. The first-order valence-corrected chi connectivity index (χ1v) is 6.81. The van der Waals surface area contributed by atoms with E-state index in [-0.39, 0.29) is 43.5 Å². The van der Waals surface area contributed by atoms with Crippen LogP contribution in [-0.2, 0) is 18.9 Å². The smallest absolute Gasteiger partial charge is 0.251 e. The van der Waals surface area contributed by atoms with Crippen LogP contribution in [0.15, 0.2) is 17.1 Å². The minimum Gasteiger partial charge on any atom is -0.353 e. The highest BCUT2D eigenvalue weighted by molar-refractivity contribution is 7.71. The van der Waals surface area contributed by atoms with Crippen molar-refractivity contribution >= 4 is 12.2 Å². The number of hydrogen-bond donors (Lipinski definition) is 1. The molecule has 2 aliphatic heterocycles. The van der Waals surface area contributed by atoms with Crippen LogP contribution in [0.2, 0.25) is 0 Å². The Kier molecular flexibility index (Phi) is 3.99. The Balaban J connectivity index is 1.87. The number of aromatic amines is 1. The van der Waals surface area contributed by atoms with E-state index in [9.17, 15) is 4.79 Å². The van der Waals surface area contributed by atoms with E-state index in [2.05, 4.69) is 4.98 Å². The van der Waals surface area contributed by atoms with Gasteiger partial charge < -0.3 is 18.9 Å². The monoisotopic (exact) mass is 300 g/mol. The number of nitrogens with zero attached hydrogens (tertiary/aromatic N) is 1. The van der Waals surface area contributed by atoms with E-state index in [1.807, 2.05) is 6.92 Å². The minimum absolute atomic E-state index is 0.0582. The van der Waals surface area contributed by atoms with Crippen LogP contribution in [-0.4, -0.2) is 42.0 Å². The quantitative estimate of drug-likeness (QED) is 0.773. The lowest BCUT2D eigenvalue weighted by molar-refractivity contribution is -0.203. The molecule has 1 aromatic heterocycles. The molecule has 20 heavy (non-hydrogen) atoms. The molecule has 2 aliphatic rings.